The van der Waals surface area contributed by atoms with Crippen LogP contribution in [0.15, 0.2) is 48.5 Å². The van der Waals surface area contributed by atoms with Crippen LogP contribution in [0.2, 0.25) is 0 Å². The highest BCUT2D eigenvalue weighted by molar-refractivity contribution is 5.81. The van der Waals surface area contributed by atoms with Crippen molar-refractivity contribution < 1.29 is 14.3 Å². The smallest absolute Gasteiger partial charge is 0.249 e. The molecule has 1 saturated heterocycles. The first-order chi connectivity index (χ1) is 15.1. The molecule has 1 fully saturated rings. The minimum absolute atomic E-state index is 0.0516. The predicted molar refractivity (Wildman–Crippen MR) is 121 cm³/mol. The van der Waals surface area contributed by atoms with Gasteiger partial charge in [-0.3, -0.25) is 4.79 Å². The van der Waals surface area contributed by atoms with E-state index in [0.717, 1.165) is 48.4 Å². The van der Waals surface area contributed by atoms with Crippen molar-refractivity contribution in [3.8, 4) is 5.75 Å². The number of ether oxygens (including phenoxy) is 2. The Morgan fingerprint density at radius 1 is 1.23 bits per heavy atom. The molecule has 1 aromatic heterocycles. The topological polar surface area (TPSA) is 65.4 Å². The molecule has 0 bridgehead atoms. The van der Waals surface area contributed by atoms with E-state index in [1.807, 2.05) is 30.3 Å². The summed E-state index contributed by atoms with van der Waals surface area (Å²) >= 11 is 0. The van der Waals surface area contributed by atoms with Gasteiger partial charge in [-0.05, 0) is 55.0 Å². The number of carbonyl (C=O) groups is 1. The Morgan fingerprint density at radius 2 is 2.03 bits per heavy atom. The number of amides is 1. The Bertz CT molecular complexity index is 1000. The van der Waals surface area contributed by atoms with Gasteiger partial charge in [0.15, 0.2) is 0 Å². The van der Waals surface area contributed by atoms with Gasteiger partial charge < -0.3 is 19.4 Å². The zero-order chi connectivity index (χ0) is 21.6. The molecular weight excluding hydrogens is 390 g/mol. The van der Waals surface area contributed by atoms with Crippen molar-refractivity contribution in [3.05, 3.63) is 59.9 Å². The van der Waals surface area contributed by atoms with Gasteiger partial charge in [0.25, 0.3) is 0 Å². The standard InChI is InChI=1S/C25H31N3O3/c1-18(2)19-10-12-20(13-11-19)30-16-6-14-28-22-8-4-3-7-21(22)27-24(28)17-26-25(29)23-9-5-15-31-23/h3-4,7-8,10-13,18,23H,5-6,9,14-17H2,1-2H3,(H,26,29). The quantitative estimate of drug-likeness (QED) is 0.519. The Kier molecular flexibility index (Phi) is 6.87. The first-order valence-electron chi connectivity index (χ1n) is 11.2. The average Bonchev–Trinajstić information content (AvgIpc) is 3.44. The van der Waals surface area contributed by atoms with Crippen LogP contribution in [0.3, 0.4) is 0 Å². The van der Waals surface area contributed by atoms with Crippen molar-refractivity contribution in [2.24, 2.45) is 0 Å². The third-order valence-electron chi connectivity index (χ3n) is 5.72. The van der Waals surface area contributed by atoms with Crippen LogP contribution in [-0.4, -0.2) is 34.8 Å². The first-order valence-corrected chi connectivity index (χ1v) is 11.2. The molecule has 3 aromatic rings. The number of carbonyl (C=O) groups excluding carboxylic acids is 1. The molecule has 0 saturated carbocycles. The van der Waals surface area contributed by atoms with E-state index in [1.165, 1.54) is 5.56 Å². The van der Waals surface area contributed by atoms with Crippen LogP contribution in [0.1, 0.15) is 50.4 Å². The number of rotatable bonds is 9. The fraction of sp³-hybridized carbons (Fsp3) is 0.440. The van der Waals surface area contributed by atoms with E-state index < -0.39 is 0 Å². The number of nitrogens with zero attached hydrogens (tertiary/aromatic N) is 2. The lowest BCUT2D eigenvalue weighted by molar-refractivity contribution is -0.130. The highest BCUT2D eigenvalue weighted by atomic mass is 16.5. The molecule has 0 spiro atoms. The van der Waals surface area contributed by atoms with E-state index in [1.54, 1.807) is 0 Å². The van der Waals surface area contributed by atoms with Crippen molar-refractivity contribution in [3.63, 3.8) is 0 Å². The van der Waals surface area contributed by atoms with E-state index >= 15 is 0 Å². The van der Waals surface area contributed by atoms with E-state index in [-0.39, 0.29) is 12.0 Å². The third-order valence-corrected chi connectivity index (χ3v) is 5.72. The zero-order valence-corrected chi connectivity index (χ0v) is 18.3. The van der Waals surface area contributed by atoms with Gasteiger partial charge in [-0.2, -0.15) is 0 Å². The monoisotopic (exact) mass is 421 g/mol. The molecule has 2 heterocycles. The normalized spacial score (nSPS) is 16.2. The average molecular weight is 422 g/mol. The molecule has 6 nitrogen and oxygen atoms in total. The molecule has 164 valence electrons. The summed E-state index contributed by atoms with van der Waals surface area (Å²) in [5.41, 5.74) is 3.33. The second-order valence-corrected chi connectivity index (χ2v) is 8.31. The third kappa shape index (κ3) is 5.25. The van der Waals surface area contributed by atoms with Crippen molar-refractivity contribution in [2.75, 3.05) is 13.2 Å². The Balaban J connectivity index is 1.36. The Hall–Kier alpha value is -2.86. The van der Waals surface area contributed by atoms with E-state index in [4.69, 9.17) is 14.5 Å². The number of imidazole rings is 1. The summed E-state index contributed by atoms with van der Waals surface area (Å²) in [7, 11) is 0. The molecule has 0 radical (unpaired) electrons. The van der Waals surface area contributed by atoms with Crippen LogP contribution >= 0.6 is 0 Å². The van der Waals surface area contributed by atoms with Gasteiger partial charge in [0.05, 0.1) is 24.2 Å². The molecule has 31 heavy (non-hydrogen) atoms. The van der Waals surface area contributed by atoms with Crippen LogP contribution in [0.5, 0.6) is 5.75 Å². The molecule has 6 heteroatoms. The lowest BCUT2D eigenvalue weighted by Gasteiger charge is -2.13. The number of para-hydroxylation sites is 2. The van der Waals surface area contributed by atoms with Crippen LogP contribution in [0.25, 0.3) is 11.0 Å². The molecular formula is C25H31N3O3. The Morgan fingerprint density at radius 3 is 2.77 bits per heavy atom. The van der Waals surface area contributed by atoms with Crippen molar-refractivity contribution in [2.45, 2.75) is 58.2 Å². The molecule has 0 aliphatic carbocycles. The van der Waals surface area contributed by atoms with E-state index in [0.29, 0.717) is 25.7 Å². The lowest BCUT2D eigenvalue weighted by atomic mass is 10.0. The number of aromatic nitrogens is 2. The molecule has 1 N–H and O–H groups in total. The van der Waals surface area contributed by atoms with Gasteiger partial charge in [-0.15, -0.1) is 0 Å². The number of hydrogen-bond donors (Lipinski definition) is 1. The summed E-state index contributed by atoms with van der Waals surface area (Å²) in [4.78, 5) is 17.1. The Labute approximate surface area is 183 Å². The van der Waals surface area contributed by atoms with Gasteiger partial charge >= 0.3 is 0 Å². The SMILES string of the molecule is CC(C)c1ccc(OCCCn2c(CNC(=O)C3CCCO3)nc3ccccc32)cc1. The highest BCUT2D eigenvalue weighted by Crippen LogP contribution is 2.20. The van der Waals surface area contributed by atoms with Gasteiger partial charge in [0, 0.05) is 13.2 Å². The minimum Gasteiger partial charge on any atom is -0.494 e. The second-order valence-electron chi connectivity index (χ2n) is 8.31. The molecule has 4 rings (SSSR count). The van der Waals surface area contributed by atoms with Crippen molar-refractivity contribution >= 4 is 16.9 Å². The fourth-order valence-electron chi connectivity index (χ4n) is 3.94. The lowest BCUT2D eigenvalue weighted by Crippen LogP contribution is -2.34. The molecule has 1 amide bonds. The maximum absolute atomic E-state index is 12.3. The molecule has 2 aromatic carbocycles. The summed E-state index contributed by atoms with van der Waals surface area (Å²) < 4.78 is 13.6. The first kappa shape index (κ1) is 21.4. The number of benzene rings is 2. The van der Waals surface area contributed by atoms with Gasteiger partial charge in [-0.25, -0.2) is 4.98 Å². The molecule has 1 atom stereocenters. The molecule has 1 unspecified atom stereocenters. The maximum Gasteiger partial charge on any atom is 0.249 e. The van der Waals surface area contributed by atoms with Crippen LogP contribution < -0.4 is 10.1 Å². The highest BCUT2D eigenvalue weighted by Gasteiger charge is 2.23. The fourth-order valence-corrected chi connectivity index (χ4v) is 3.94. The summed E-state index contributed by atoms with van der Waals surface area (Å²) in [5.74, 6) is 2.21. The number of hydrogen-bond acceptors (Lipinski definition) is 4. The summed E-state index contributed by atoms with van der Waals surface area (Å²) in [6.07, 6.45) is 2.25. The largest absolute Gasteiger partial charge is 0.494 e. The van der Waals surface area contributed by atoms with Gasteiger partial charge in [0.2, 0.25) is 5.91 Å². The van der Waals surface area contributed by atoms with E-state index in [9.17, 15) is 4.79 Å². The number of aryl methyl sites for hydroxylation is 1. The van der Waals surface area contributed by atoms with E-state index in [2.05, 4.69) is 41.9 Å². The van der Waals surface area contributed by atoms with Crippen LogP contribution in [0.4, 0.5) is 0 Å². The van der Waals surface area contributed by atoms with Crippen LogP contribution in [-0.2, 0) is 22.6 Å². The van der Waals surface area contributed by atoms with Gasteiger partial charge in [0.1, 0.15) is 17.7 Å². The number of fused-ring (bicyclic) bond motifs is 1. The summed E-state index contributed by atoms with van der Waals surface area (Å²) in [5, 5.41) is 2.99. The molecule has 1 aliphatic heterocycles. The minimum atomic E-state index is -0.326. The van der Waals surface area contributed by atoms with Crippen molar-refractivity contribution in [1.82, 2.24) is 14.9 Å². The van der Waals surface area contributed by atoms with Crippen molar-refractivity contribution in [1.29, 1.82) is 0 Å². The number of nitrogens with one attached hydrogen (secondary N) is 1. The molecule has 1 aliphatic rings. The summed E-state index contributed by atoms with van der Waals surface area (Å²) in [6.45, 7) is 6.82. The van der Waals surface area contributed by atoms with Crippen LogP contribution in [0, 0.1) is 0 Å². The second kappa shape index (κ2) is 9.96. The maximum atomic E-state index is 12.3. The zero-order valence-electron chi connectivity index (χ0n) is 18.3. The summed E-state index contributed by atoms with van der Waals surface area (Å²) in [6, 6.07) is 16.4. The van der Waals surface area contributed by atoms with Gasteiger partial charge in [-0.1, -0.05) is 38.1 Å². The predicted octanol–water partition coefficient (Wildman–Crippen LogP) is 4.42.